The minimum atomic E-state index is -0.272. The van der Waals surface area contributed by atoms with Crippen molar-refractivity contribution in [2.24, 2.45) is 0 Å². The summed E-state index contributed by atoms with van der Waals surface area (Å²) in [5.74, 6) is 0.645. The van der Waals surface area contributed by atoms with Crippen molar-refractivity contribution in [3.8, 4) is 17.2 Å². The van der Waals surface area contributed by atoms with Gasteiger partial charge in [0.05, 0.1) is 23.3 Å². The van der Waals surface area contributed by atoms with Crippen LogP contribution in [0.15, 0.2) is 81.7 Å². The van der Waals surface area contributed by atoms with E-state index in [1.165, 1.54) is 0 Å². The van der Waals surface area contributed by atoms with E-state index in [0.29, 0.717) is 44.6 Å². The molecule has 1 heterocycles. The third-order valence-electron chi connectivity index (χ3n) is 5.12. The molecule has 1 aromatic heterocycles. The largest absolute Gasteiger partial charge is 0.496 e. The van der Waals surface area contributed by atoms with Gasteiger partial charge in [-0.3, -0.25) is 4.79 Å². The summed E-state index contributed by atoms with van der Waals surface area (Å²) in [6.45, 7) is 0. The second kappa shape index (κ2) is 8.30. The maximum Gasteiger partial charge on any atom is 0.259 e. The molecule has 5 nitrogen and oxygen atoms in total. The Labute approximate surface area is 197 Å². The fourth-order valence-electron chi connectivity index (χ4n) is 3.55. The van der Waals surface area contributed by atoms with Crippen LogP contribution < -0.4 is 10.1 Å². The van der Waals surface area contributed by atoms with E-state index in [2.05, 4.69) is 26.2 Å². The van der Waals surface area contributed by atoms with Gasteiger partial charge in [0.25, 0.3) is 5.91 Å². The lowest BCUT2D eigenvalue weighted by molar-refractivity contribution is 0.102. The van der Waals surface area contributed by atoms with Crippen LogP contribution in [0.1, 0.15) is 10.4 Å². The van der Waals surface area contributed by atoms with Gasteiger partial charge in [-0.1, -0.05) is 51.8 Å². The van der Waals surface area contributed by atoms with E-state index in [1.54, 1.807) is 31.4 Å². The summed E-state index contributed by atoms with van der Waals surface area (Å²) in [6.07, 6.45) is 0. The minimum absolute atomic E-state index is 0.272. The number of hydrogen-bond acceptors (Lipinski definition) is 4. The Balaban J connectivity index is 1.47. The quantitative estimate of drug-likeness (QED) is 0.277. The summed E-state index contributed by atoms with van der Waals surface area (Å²) < 4.78 is 12.2. The number of nitrogens with zero attached hydrogens (tertiary/aromatic N) is 1. The van der Waals surface area contributed by atoms with E-state index >= 15 is 0 Å². The van der Waals surface area contributed by atoms with Crippen molar-refractivity contribution in [3.63, 3.8) is 0 Å². The number of anilines is 1. The molecule has 0 aliphatic carbocycles. The molecule has 0 aliphatic rings. The molecule has 0 atom stereocenters. The Morgan fingerprint density at radius 1 is 1.03 bits per heavy atom. The second-order valence-corrected chi connectivity index (χ2v) is 8.50. The molecule has 0 unspecified atom stereocenters. The monoisotopic (exact) mass is 506 g/mol. The van der Waals surface area contributed by atoms with Crippen molar-refractivity contribution >= 4 is 61.0 Å². The van der Waals surface area contributed by atoms with Gasteiger partial charge in [-0.15, -0.1) is 0 Å². The van der Waals surface area contributed by atoms with Crippen molar-refractivity contribution in [1.29, 1.82) is 0 Å². The first-order chi connectivity index (χ1) is 15.5. The van der Waals surface area contributed by atoms with Gasteiger partial charge >= 0.3 is 0 Å². The smallest absolute Gasteiger partial charge is 0.259 e. The Morgan fingerprint density at radius 3 is 2.59 bits per heavy atom. The molecule has 0 bridgehead atoms. The number of methoxy groups -OCH3 is 1. The standard InChI is InChI=1S/C25H16BrClN2O3/c1-31-23-11-15-5-3-2-4-14(15)10-19(23)24(30)28-17-7-9-22-21(13-17)29-25(32-22)18-12-16(26)6-8-20(18)27/h2-13H,1H3,(H,28,30). The first kappa shape index (κ1) is 20.5. The maximum atomic E-state index is 13.0. The number of rotatable bonds is 4. The molecule has 0 radical (unpaired) electrons. The molecule has 158 valence electrons. The van der Waals surface area contributed by atoms with Crippen LogP contribution in [-0.2, 0) is 0 Å². The Kier molecular flexibility index (Phi) is 5.33. The summed E-state index contributed by atoms with van der Waals surface area (Å²) in [5, 5.41) is 5.43. The van der Waals surface area contributed by atoms with E-state index in [4.69, 9.17) is 20.8 Å². The third kappa shape index (κ3) is 3.83. The fraction of sp³-hybridized carbons (Fsp3) is 0.0400. The van der Waals surface area contributed by atoms with Gasteiger partial charge in [0, 0.05) is 10.2 Å². The van der Waals surface area contributed by atoms with Crippen molar-refractivity contribution in [1.82, 2.24) is 4.98 Å². The first-order valence-corrected chi connectivity index (χ1v) is 10.9. The normalized spacial score (nSPS) is 11.1. The van der Waals surface area contributed by atoms with E-state index in [-0.39, 0.29) is 5.91 Å². The van der Waals surface area contributed by atoms with Gasteiger partial charge in [-0.25, -0.2) is 4.98 Å². The predicted octanol–water partition coefficient (Wildman–Crippen LogP) is 7.32. The molecular weight excluding hydrogens is 492 g/mol. The van der Waals surface area contributed by atoms with Gasteiger partial charge in [-0.2, -0.15) is 0 Å². The molecule has 0 fully saturated rings. The molecule has 0 saturated heterocycles. The van der Waals surface area contributed by atoms with Crippen molar-refractivity contribution in [2.45, 2.75) is 0 Å². The van der Waals surface area contributed by atoms with Crippen LogP contribution in [0.3, 0.4) is 0 Å². The van der Waals surface area contributed by atoms with Gasteiger partial charge < -0.3 is 14.5 Å². The zero-order chi connectivity index (χ0) is 22.2. The number of carbonyl (C=O) groups excluding carboxylic acids is 1. The number of hydrogen-bond donors (Lipinski definition) is 1. The lowest BCUT2D eigenvalue weighted by Crippen LogP contribution is -2.13. The number of oxazole rings is 1. The molecule has 5 rings (SSSR count). The zero-order valence-corrected chi connectivity index (χ0v) is 19.2. The van der Waals surface area contributed by atoms with Gasteiger partial charge in [0.15, 0.2) is 5.58 Å². The molecule has 32 heavy (non-hydrogen) atoms. The zero-order valence-electron chi connectivity index (χ0n) is 16.9. The number of fused-ring (bicyclic) bond motifs is 2. The number of aromatic nitrogens is 1. The summed E-state index contributed by atoms with van der Waals surface area (Å²) in [5.41, 5.74) is 2.94. The number of carbonyl (C=O) groups is 1. The molecule has 1 N–H and O–H groups in total. The summed E-state index contributed by atoms with van der Waals surface area (Å²) in [6, 6.07) is 22.3. The lowest BCUT2D eigenvalue weighted by atomic mass is 10.1. The van der Waals surface area contributed by atoms with E-state index in [9.17, 15) is 4.79 Å². The second-order valence-electron chi connectivity index (χ2n) is 7.18. The summed E-state index contributed by atoms with van der Waals surface area (Å²) >= 11 is 9.75. The van der Waals surface area contributed by atoms with Crippen molar-refractivity contribution in [2.75, 3.05) is 12.4 Å². The predicted molar refractivity (Wildman–Crippen MR) is 131 cm³/mol. The number of benzene rings is 4. The topological polar surface area (TPSA) is 64.4 Å². The molecular formula is C25H16BrClN2O3. The molecule has 0 saturated carbocycles. The number of nitrogens with one attached hydrogen (secondary N) is 1. The van der Waals surface area contributed by atoms with Gasteiger partial charge in [0.2, 0.25) is 5.89 Å². The number of ether oxygens (including phenoxy) is 1. The highest BCUT2D eigenvalue weighted by Crippen LogP contribution is 2.33. The van der Waals surface area contributed by atoms with Gasteiger partial charge in [0.1, 0.15) is 11.3 Å². The molecule has 1 amide bonds. The van der Waals surface area contributed by atoms with Crippen molar-refractivity contribution in [3.05, 3.63) is 87.9 Å². The highest BCUT2D eigenvalue weighted by Gasteiger charge is 2.16. The average molecular weight is 508 g/mol. The van der Waals surface area contributed by atoms with Crippen LogP contribution in [0.25, 0.3) is 33.3 Å². The SMILES string of the molecule is COc1cc2ccccc2cc1C(=O)Nc1ccc2oc(-c3cc(Br)ccc3Cl)nc2c1. The highest BCUT2D eigenvalue weighted by atomic mass is 79.9. The lowest BCUT2D eigenvalue weighted by Gasteiger charge is -2.11. The van der Waals surface area contributed by atoms with Crippen LogP contribution in [-0.4, -0.2) is 18.0 Å². The fourth-order valence-corrected chi connectivity index (χ4v) is 4.11. The van der Waals surface area contributed by atoms with Crippen LogP contribution >= 0.6 is 27.5 Å². The first-order valence-electron chi connectivity index (χ1n) is 9.76. The van der Waals surface area contributed by atoms with E-state index in [0.717, 1.165) is 15.2 Å². The van der Waals surface area contributed by atoms with E-state index < -0.39 is 0 Å². The van der Waals surface area contributed by atoms with E-state index in [1.807, 2.05) is 48.5 Å². The van der Waals surface area contributed by atoms with Crippen molar-refractivity contribution < 1.29 is 13.9 Å². The Hall–Kier alpha value is -3.35. The molecule has 5 aromatic rings. The van der Waals surface area contributed by atoms with Gasteiger partial charge in [-0.05, 0) is 59.3 Å². The maximum absolute atomic E-state index is 13.0. The Bertz CT molecular complexity index is 1500. The minimum Gasteiger partial charge on any atom is -0.496 e. The van der Waals surface area contributed by atoms with Crippen LogP contribution in [0.2, 0.25) is 5.02 Å². The Morgan fingerprint density at radius 2 is 1.81 bits per heavy atom. The molecule has 0 aliphatic heterocycles. The molecule has 7 heteroatoms. The number of amides is 1. The third-order valence-corrected chi connectivity index (χ3v) is 5.94. The molecule has 0 spiro atoms. The number of halogens is 2. The molecule has 4 aromatic carbocycles. The van der Waals surface area contributed by atoms with Crippen LogP contribution in [0, 0.1) is 0 Å². The summed E-state index contributed by atoms with van der Waals surface area (Å²) in [4.78, 5) is 17.6. The van der Waals surface area contributed by atoms with Crippen LogP contribution in [0.4, 0.5) is 5.69 Å². The average Bonchev–Trinajstić information content (AvgIpc) is 3.22. The van der Waals surface area contributed by atoms with Crippen LogP contribution in [0.5, 0.6) is 5.75 Å². The highest BCUT2D eigenvalue weighted by molar-refractivity contribution is 9.10. The summed E-state index contributed by atoms with van der Waals surface area (Å²) in [7, 11) is 1.55.